The molecule has 11 heteroatoms. The molecule has 4 nitrogen and oxygen atoms in total. The number of hydrogen-bond donors (Lipinski definition) is 1. The molecule has 1 amide bonds. The zero-order valence-corrected chi connectivity index (χ0v) is 17.3. The molecule has 1 heterocycles. The Morgan fingerprint density at radius 1 is 1.06 bits per heavy atom. The molecule has 0 spiro atoms. The van der Waals surface area contributed by atoms with Crippen LogP contribution in [0, 0.1) is 17.5 Å². The molecule has 0 bridgehead atoms. The standard InChI is InChI=1S/C22H13ClF6N2O2/c23-18-13(22(27,28)29)7-16(17(20(18)26)21(32)31-10-3-2-6-30-9-10)33-15-8-14(24)19(25)12-5-1-4-11(12)15/h2-3,6-9H,1,4-5H2,(H,31,32). The second-order valence-corrected chi connectivity index (χ2v) is 7.58. The summed E-state index contributed by atoms with van der Waals surface area (Å²) in [4.78, 5) is 16.6. The van der Waals surface area contributed by atoms with Gasteiger partial charge in [0.15, 0.2) is 17.5 Å². The molecule has 0 atom stereocenters. The number of alkyl halides is 3. The quantitative estimate of drug-likeness (QED) is 0.417. The maximum Gasteiger partial charge on any atom is 0.418 e. The molecule has 4 rings (SSSR count). The summed E-state index contributed by atoms with van der Waals surface area (Å²) in [6.07, 6.45) is -1.52. The second-order valence-electron chi connectivity index (χ2n) is 7.20. The van der Waals surface area contributed by atoms with Gasteiger partial charge in [-0.05, 0) is 43.0 Å². The highest BCUT2D eigenvalue weighted by atomic mass is 35.5. The Balaban J connectivity index is 1.86. The summed E-state index contributed by atoms with van der Waals surface area (Å²) < 4.78 is 88.9. The number of amides is 1. The number of ether oxygens (including phenoxy) is 1. The van der Waals surface area contributed by atoms with Crippen LogP contribution in [0.5, 0.6) is 11.5 Å². The van der Waals surface area contributed by atoms with Gasteiger partial charge >= 0.3 is 6.18 Å². The van der Waals surface area contributed by atoms with Crippen molar-refractivity contribution in [1.29, 1.82) is 0 Å². The number of nitrogens with one attached hydrogen (secondary N) is 1. The molecule has 1 aliphatic carbocycles. The lowest BCUT2D eigenvalue weighted by atomic mass is 10.1. The molecule has 1 N–H and O–H groups in total. The third-order valence-electron chi connectivity index (χ3n) is 5.09. The summed E-state index contributed by atoms with van der Waals surface area (Å²) in [5, 5.41) is 0.956. The van der Waals surface area contributed by atoms with Gasteiger partial charge in [0.1, 0.15) is 17.1 Å². The summed E-state index contributed by atoms with van der Waals surface area (Å²) in [7, 11) is 0. The number of hydrogen-bond acceptors (Lipinski definition) is 3. The predicted molar refractivity (Wildman–Crippen MR) is 107 cm³/mol. The molecule has 0 saturated heterocycles. The fourth-order valence-electron chi connectivity index (χ4n) is 3.61. The molecule has 1 aromatic heterocycles. The van der Waals surface area contributed by atoms with Crippen LogP contribution in [0.1, 0.15) is 33.5 Å². The molecule has 3 aromatic rings. The highest BCUT2D eigenvalue weighted by Crippen LogP contribution is 2.43. The van der Waals surface area contributed by atoms with E-state index in [-0.39, 0.29) is 35.4 Å². The lowest BCUT2D eigenvalue weighted by Crippen LogP contribution is -2.18. The van der Waals surface area contributed by atoms with E-state index in [0.717, 1.165) is 0 Å². The van der Waals surface area contributed by atoms with Gasteiger partial charge in [-0.2, -0.15) is 13.2 Å². The minimum atomic E-state index is -5.08. The Labute approximate surface area is 188 Å². The Hall–Kier alpha value is -3.27. The highest BCUT2D eigenvalue weighted by Gasteiger charge is 2.38. The van der Waals surface area contributed by atoms with E-state index in [9.17, 15) is 26.7 Å². The Morgan fingerprint density at radius 3 is 2.45 bits per heavy atom. The van der Waals surface area contributed by atoms with Crippen molar-refractivity contribution < 1.29 is 35.9 Å². The second kappa shape index (κ2) is 8.58. The minimum Gasteiger partial charge on any atom is -0.456 e. The van der Waals surface area contributed by atoms with Crippen LogP contribution in [-0.2, 0) is 19.0 Å². The first kappa shape index (κ1) is 22.9. The van der Waals surface area contributed by atoms with Crippen LogP contribution in [0.15, 0.2) is 36.7 Å². The Kier molecular flexibility index (Phi) is 5.96. The number of carbonyl (C=O) groups is 1. The van der Waals surface area contributed by atoms with Crippen LogP contribution in [0.4, 0.5) is 32.0 Å². The number of benzene rings is 2. The molecular weight excluding hydrogens is 474 g/mol. The van der Waals surface area contributed by atoms with Crippen molar-refractivity contribution in [1.82, 2.24) is 4.98 Å². The summed E-state index contributed by atoms with van der Waals surface area (Å²) in [6.45, 7) is 0. The minimum absolute atomic E-state index is 0.0249. The number of rotatable bonds is 4. The lowest BCUT2D eigenvalue weighted by molar-refractivity contribution is -0.137. The summed E-state index contributed by atoms with van der Waals surface area (Å²) in [5.74, 6) is -6.38. The smallest absolute Gasteiger partial charge is 0.418 e. The van der Waals surface area contributed by atoms with E-state index in [2.05, 4.69) is 10.3 Å². The van der Waals surface area contributed by atoms with Gasteiger partial charge in [0, 0.05) is 17.8 Å². The van der Waals surface area contributed by atoms with Crippen molar-refractivity contribution in [2.45, 2.75) is 25.4 Å². The van der Waals surface area contributed by atoms with Crippen molar-refractivity contribution >= 4 is 23.2 Å². The SMILES string of the molecule is O=C(Nc1cccnc1)c1c(Oc2cc(F)c(F)c3c2CCC3)cc(C(F)(F)F)c(Cl)c1F. The third kappa shape index (κ3) is 4.35. The summed E-state index contributed by atoms with van der Waals surface area (Å²) in [6, 6.07) is 3.89. The van der Waals surface area contributed by atoms with E-state index in [1.807, 2.05) is 0 Å². The fraction of sp³-hybridized carbons (Fsp3) is 0.182. The van der Waals surface area contributed by atoms with Crippen molar-refractivity contribution in [2.75, 3.05) is 5.32 Å². The van der Waals surface area contributed by atoms with Crippen LogP contribution in [-0.4, -0.2) is 10.9 Å². The van der Waals surface area contributed by atoms with Crippen LogP contribution >= 0.6 is 11.6 Å². The zero-order chi connectivity index (χ0) is 23.9. The van der Waals surface area contributed by atoms with Gasteiger partial charge in [-0.3, -0.25) is 9.78 Å². The van der Waals surface area contributed by atoms with Gasteiger partial charge in [-0.25, -0.2) is 13.2 Å². The van der Waals surface area contributed by atoms with E-state index < -0.39 is 51.4 Å². The molecule has 172 valence electrons. The molecule has 0 saturated carbocycles. The topological polar surface area (TPSA) is 51.2 Å². The zero-order valence-electron chi connectivity index (χ0n) is 16.5. The number of aromatic nitrogens is 1. The average molecular weight is 487 g/mol. The first-order valence-corrected chi connectivity index (χ1v) is 9.94. The fourth-order valence-corrected chi connectivity index (χ4v) is 3.86. The van der Waals surface area contributed by atoms with Gasteiger partial charge < -0.3 is 10.1 Å². The maximum absolute atomic E-state index is 15.0. The summed E-state index contributed by atoms with van der Waals surface area (Å²) in [5.41, 5.74) is -2.15. The molecule has 33 heavy (non-hydrogen) atoms. The number of halogens is 7. The number of fused-ring (bicyclic) bond motifs is 1. The van der Waals surface area contributed by atoms with Crippen LogP contribution in [0.3, 0.4) is 0 Å². The van der Waals surface area contributed by atoms with Gasteiger partial charge in [0.05, 0.1) is 22.5 Å². The largest absolute Gasteiger partial charge is 0.456 e. The molecule has 0 aliphatic heterocycles. The first-order chi connectivity index (χ1) is 15.6. The van der Waals surface area contributed by atoms with Crippen LogP contribution in [0.2, 0.25) is 5.02 Å². The van der Waals surface area contributed by atoms with E-state index >= 15 is 4.39 Å². The average Bonchev–Trinajstić information content (AvgIpc) is 3.24. The number of anilines is 1. The lowest BCUT2D eigenvalue weighted by Gasteiger charge is -2.18. The number of pyridine rings is 1. The van der Waals surface area contributed by atoms with Crippen molar-refractivity contribution in [2.24, 2.45) is 0 Å². The van der Waals surface area contributed by atoms with Gasteiger partial charge in [-0.1, -0.05) is 11.6 Å². The molecule has 0 fully saturated rings. The van der Waals surface area contributed by atoms with Crippen molar-refractivity contribution in [3.05, 3.63) is 81.4 Å². The normalized spacial score (nSPS) is 13.1. The first-order valence-electron chi connectivity index (χ1n) is 9.56. The third-order valence-corrected chi connectivity index (χ3v) is 5.46. The van der Waals surface area contributed by atoms with E-state index in [4.69, 9.17) is 16.3 Å². The Bertz CT molecular complexity index is 1250. The van der Waals surface area contributed by atoms with Crippen LogP contribution in [0.25, 0.3) is 0 Å². The Morgan fingerprint density at radius 2 is 1.79 bits per heavy atom. The van der Waals surface area contributed by atoms with Gasteiger partial charge in [0.25, 0.3) is 5.91 Å². The van der Waals surface area contributed by atoms with Gasteiger partial charge in [0.2, 0.25) is 0 Å². The highest BCUT2D eigenvalue weighted by molar-refractivity contribution is 6.32. The molecule has 1 aliphatic rings. The summed E-state index contributed by atoms with van der Waals surface area (Å²) >= 11 is 5.59. The van der Waals surface area contributed by atoms with Crippen molar-refractivity contribution in [3.63, 3.8) is 0 Å². The monoisotopic (exact) mass is 486 g/mol. The van der Waals surface area contributed by atoms with Crippen LogP contribution < -0.4 is 10.1 Å². The number of carbonyl (C=O) groups excluding carboxylic acids is 1. The molecular formula is C22H13ClF6N2O2. The van der Waals surface area contributed by atoms with E-state index in [1.54, 1.807) is 0 Å². The molecule has 0 unspecified atom stereocenters. The van der Waals surface area contributed by atoms with Gasteiger partial charge in [-0.15, -0.1) is 0 Å². The molecule has 0 radical (unpaired) electrons. The maximum atomic E-state index is 15.0. The van der Waals surface area contributed by atoms with Crippen molar-refractivity contribution in [3.8, 4) is 11.5 Å². The number of nitrogens with zero attached hydrogens (tertiary/aromatic N) is 1. The molecule has 2 aromatic carbocycles. The van der Waals surface area contributed by atoms with E-state index in [1.165, 1.54) is 24.5 Å². The predicted octanol–water partition coefficient (Wildman–Crippen LogP) is 6.70. The van der Waals surface area contributed by atoms with E-state index in [0.29, 0.717) is 18.6 Å².